The van der Waals surface area contributed by atoms with E-state index in [-0.39, 0.29) is 29.8 Å². The van der Waals surface area contributed by atoms with Gasteiger partial charge in [0.1, 0.15) is 5.78 Å². The molecule has 1 aromatic carbocycles. The molecule has 0 bridgehead atoms. The van der Waals surface area contributed by atoms with Gasteiger partial charge in [0.15, 0.2) is 5.78 Å². The molecule has 1 aliphatic rings. The van der Waals surface area contributed by atoms with Crippen molar-refractivity contribution in [2.75, 3.05) is 0 Å². The van der Waals surface area contributed by atoms with Crippen LogP contribution < -0.4 is 0 Å². The number of unbranched alkanes of at least 4 members (excludes halogenated alkanes) is 3. The monoisotopic (exact) mass is 410 g/mol. The first-order valence-corrected chi connectivity index (χ1v) is 10.1. The predicted molar refractivity (Wildman–Crippen MR) is 106 cm³/mol. The minimum Gasteiger partial charge on any atom is -0.481 e. The summed E-state index contributed by atoms with van der Waals surface area (Å²) >= 11 is 11.9. The average molecular weight is 411 g/mol. The molecule has 2 rings (SSSR count). The molecule has 1 aromatic rings. The Morgan fingerprint density at radius 1 is 1.07 bits per heavy atom. The molecule has 1 saturated carbocycles. The summed E-state index contributed by atoms with van der Waals surface area (Å²) in [6.45, 7) is 0. The zero-order valence-electron chi connectivity index (χ0n) is 15.1. The maximum atomic E-state index is 12.3. The molecular weight excluding hydrogens is 387 g/mol. The topological polar surface area (TPSA) is 71.4 Å². The third-order valence-corrected chi connectivity index (χ3v) is 5.39. The zero-order valence-corrected chi connectivity index (χ0v) is 16.6. The van der Waals surface area contributed by atoms with E-state index in [4.69, 9.17) is 28.3 Å². The van der Waals surface area contributed by atoms with Crippen LogP contribution in [0.5, 0.6) is 0 Å². The van der Waals surface area contributed by atoms with Gasteiger partial charge < -0.3 is 5.11 Å². The number of carbonyl (C=O) groups excluding carboxylic acids is 2. The highest BCUT2D eigenvalue weighted by atomic mass is 35.5. The number of hydrogen-bond donors (Lipinski definition) is 1. The first-order chi connectivity index (χ1) is 12.9. The van der Waals surface area contributed by atoms with Crippen molar-refractivity contribution in [3.63, 3.8) is 0 Å². The van der Waals surface area contributed by atoms with Gasteiger partial charge in [-0.05, 0) is 49.5 Å². The summed E-state index contributed by atoms with van der Waals surface area (Å²) in [5, 5.41) is 9.46. The second-order valence-corrected chi connectivity index (χ2v) is 7.88. The molecule has 1 N–H and O–H groups in total. The van der Waals surface area contributed by atoms with E-state index in [1.54, 1.807) is 18.2 Å². The second-order valence-electron chi connectivity index (χ2n) is 7.00. The maximum Gasteiger partial charge on any atom is 0.303 e. The van der Waals surface area contributed by atoms with Crippen molar-refractivity contribution in [3.05, 3.63) is 46.0 Å². The lowest BCUT2D eigenvalue weighted by atomic mass is 9.89. The van der Waals surface area contributed by atoms with Crippen LogP contribution in [0.4, 0.5) is 0 Å². The molecule has 4 nitrogen and oxygen atoms in total. The number of carboxylic acid groups (broad SMARTS) is 1. The first kappa shape index (κ1) is 21.6. The third-order valence-electron chi connectivity index (χ3n) is 4.95. The van der Waals surface area contributed by atoms with E-state index in [1.807, 2.05) is 6.08 Å². The number of carbonyl (C=O) groups is 3. The van der Waals surface area contributed by atoms with Crippen molar-refractivity contribution < 1.29 is 19.5 Å². The Kier molecular flexibility index (Phi) is 8.52. The SMILES string of the molecule is O=C(O)CCCCCCC1C(=O)CCC1C=CC(=O)c1cc(Cl)cc(Cl)c1. The van der Waals surface area contributed by atoms with Crippen molar-refractivity contribution in [1.82, 2.24) is 0 Å². The van der Waals surface area contributed by atoms with Gasteiger partial charge in [0.2, 0.25) is 0 Å². The van der Waals surface area contributed by atoms with Gasteiger partial charge in [0, 0.05) is 34.4 Å². The van der Waals surface area contributed by atoms with E-state index < -0.39 is 5.97 Å². The fourth-order valence-electron chi connectivity index (χ4n) is 3.54. The Bertz CT molecular complexity index is 707. The number of hydrogen-bond acceptors (Lipinski definition) is 3. The molecule has 2 unspecified atom stereocenters. The Morgan fingerprint density at radius 2 is 1.74 bits per heavy atom. The van der Waals surface area contributed by atoms with E-state index >= 15 is 0 Å². The standard InChI is InChI=1S/C21H24Cl2O4/c22-16-11-15(12-17(23)13-16)19(24)9-7-14-8-10-20(25)18(14)5-3-1-2-4-6-21(26)27/h7,9,11-14,18H,1-6,8,10H2,(H,26,27). The number of halogens is 2. The van der Waals surface area contributed by atoms with Gasteiger partial charge in [0.05, 0.1) is 0 Å². The summed E-state index contributed by atoms with van der Waals surface area (Å²) < 4.78 is 0. The molecule has 146 valence electrons. The fraction of sp³-hybridized carbons (Fsp3) is 0.476. The van der Waals surface area contributed by atoms with Gasteiger partial charge in [-0.25, -0.2) is 0 Å². The van der Waals surface area contributed by atoms with E-state index in [9.17, 15) is 14.4 Å². The molecule has 27 heavy (non-hydrogen) atoms. The van der Waals surface area contributed by atoms with E-state index in [0.717, 1.165) is 32.1 Å². The molecule has 1 aliphatic carbocycles. The molecule has 0 heterocycles. The first-order valence-electron chi connectivity index (χ1n) is 9.30. The molecule has 6 heteroatoms. The number of allylic oxidation sites excluding steroid dienone is 2. The van der Waals surface area contributed by atoms with E-state index in [0.29, 0.717) is 28.5 Å². The lowest BCUT2D eigenvalue weighted by Crippen LogP contribution is -2.13. The molecule has 0 aromatic heterocycles. The lowest BCUT2D eigenvalue weighted by molar-refractivity contribution is -0.137. The van der Waals surface area contributed by atoms with Crippen molar-refractivity contribution in [2.45, 2.75) is 51.4 Å². The summed E-state index contributed by atoms with van der Waals surface area (Å²) in [5.41, 5.74) is 0.433. The quantitative estimate of drug-likeness (QED) is 0.302. The fourth-order valence-corrected chi connectivity index (χ4v) is 4.06. The number of benzene rings is 1. The Balaban J connectivity index is 1.86. The summed E-state index contributed by atoms with van der Waals surface area (Å²) in [6.07, 6.45) is 9.03. The van der Waals surface area contributed by atoms with Gasteiger partial charge in [0.25, 0.3) is 0 Å². The Morgan fingerprint density at radius 3 is 2.41 bits per heavy atom. The largest absolute Gasteiger partial charge is 0.481 e. The smallest absolute Gasteiger partial charge is 0.303 e. The van der Waals surface area contributed by atoms with Crippen LogP contribution in [0.1, 0.15) is 61.7 Å². The van der Waals surface area contributed by atoms with Crippen LogP contribution in [-0.4, -0.2) is 22.6 Å². The number of aliphatic carboxylic acids is 1. The minimum absolute atomic E-state index is 0.0449. The molecule has 2 atom stereocenters. The van der Waals surface area contributed by atoms with Crippen molar-refractivity contribution in [2.24, 2.45) is 11.8 Å². The number of carboxylic acids is 1. The van der Waals surface area contributed by atoms with Gasteiger partial charge in [-0.15, -0.1) is 0 Å². The molecule has 0 spiro atoms. The molecule has 1 fully saturated rings. The van der Waals surface area contributed by atoms with Crippen LogP contribution in [0, 0.1) is 11.8 Å². The zero-order chi connectivity index (χ0) is 19.8. The number of ketones is 2. The molecule has 0 amide bonds. The average Bonchev–Trinajstić information content (AvgIpc) is 2.94. The highest BCUT2D eigenvalue weighted by Gasteiger charge is 2.32. The van der Waals surface area contributed by atoms with Crippen molar-refractivity contribution in [1.29, 1.82) is 0 Å². The maximum absolute atomic E-state index is 12.3. The summed E-state index contributed by atoms with van der Waals surface area (Å²) in [5.74, 6) is -0.650. The molecule has 0 radical (unpaired) electrons. The van der Waals surface area contributed by atoms with E-state index in [2.05, 4.69) is 0 Å². The normalized spacial score (nSPS) is 19.7. The van der Waals surface area contributed by atoms with Crippen LogP contribution in [0.2, 0.25) is 10.0 Å². The lowest BCUT2D eigenvalue weighted by Gasteiger charge is -2.14. The van der Waals surface area contributed by atoms with Crippen LogP contribution >= 0.6 is 23.2 Å². The van der Waals surface area contributed by atoms with Crippen LogP contribution in [0.25, 0.3) is 0 Å². The number of rotatable bonds is 10. The highest BCUT2D eigenvalue weighted by molar-refractivity contribution is 6.35. The summed E-state index contributed by atoms with van der Waals surface area (Å²) in [6, 6.07) is 4.73. The van der Waals surface area contributed by atoms with E-state index in [1.165, 1.54) is 6.08 Å². The highest BCUT2D eigenvalue weighted by Crippen LogP contribution is 2.34. The van der Waals surface area contributed by atoms with Crippen LogP contribution in [0.3, 0.4) is 0 Å². The van der Waals surface area contributed by atoms with Crippen LogP contribution in [0.15, 0.2) is 30.4 Å². The predicted octanol–water partition coefficient (Wildman–Crippen LogP) is 5.75. The van der Waals surface area contributed by atoms with Crippen molar-refractivity contribution in [3.8, 4) is 0 Å². The van der Waals surface area contributed by atoms with Crippen molar-refractivity contribution >= 4 is 40.7 Å². The summed E-state index contributed by atoms with van der Waals surface area (Å²) in [7, 11) is 0. The van der Waals surface area contributed by atoms with Gasteiger partial charge >= 0.3 is 5.97 Å². The third kappa shape index (κ3) is 7.11. The molecule has 0 aliphatic heterocycles. The van der Waals surface area contributed by atoms with Gasteiger partial charge in [-0.1, -0.05) is 48.5 Å². The minimum atomic E-state index is -0.767. The molecular formula is C21H24Cl2O4. The molecule has 0 saturated heterocycles. The second kappa shape index (κ2) is 10.6. The Labute approximate surface area is 169 Å². The van der Waals surface area contributed by atoms with Gasteiger partial charge in [-0.3, -0.25) is 14.4 Å². The van der Waals surface area contributed by atoms with Crippen LogP contribution in [-0.2, 0) is 9.59 Å². The Hall–Kier alpha value is -1.65. The van der Waals surface area contributed by atoms with Gasteiger partial charge in [-0.2, -0.15) is 0 Å². The number of Topliss-reactive ketones (excluding diaryl/α,β-unsaturated/α-hetero) is 1. The summed E-state index contributed by atoms with van der Waals surface area (Å²) in [4.78, 5) is 35.0.